The third kappa shape index (κ3) is 2.28. The van der Waals surface area contributed by atoms with Crippen LogP contribution in [0.5, 0.6) is 0 Å². The quantitative estimate of drug-likeness (QED) is 0.539. The third-order valence-corrected chi connectivity index (χ3v) is 6.17. The van der Waals surface area contributed by atoms with Gasteiger partial charge in [-0.2, -0.15) is 0 Å². The Hall–Kier alpha value is -0.260. The maximum atomic E-state index is 4.43. The molecule has 18 heavy (non-hydrogen) atoms. The molecule has 0 spiro atoms. The number of rotatable bonds is 3. The van der Waals surface area contributed by atoms with Crippen molar-refractivity contribution in [3.63, 3.8) is 0 Å². The standard InChI is InChI=1S/C18H32/c1-6-7-9-15-14(2)10-11-16-17(3,4)12-8-13-18(15,16)5/h15-16H,2,6-13H2,1,3-5H3/t15-,16?,18+/m0/s1. The Kier molecular flexibility index (Phi) is 3.95. The van der Waals surface area contributed by atoms with Gasteiger partial charge in [0, 0.05) is 0 Å². The van der Waals surface area contributed by atoms with Crippen molar-refractivity contribution >= 4 is 0 Å². The first-order valence-corrected chi connectivity index (χ1v) is 8.09. The molecule has 0 N–H and O–H groups in total. The van der Waals surface area contributed by atoms with E-state index < -0.39 is 0 Å². The summed E-state index contributed by atoms with van der Waals surface area (Å²) < 4.78 is 0. The smallest absolute Gasteiger partial charge is 0.0149 e. The molecule has 0 aromatic rings. The van der Waals surface area contributed by atoms with Crippen LogP contribution in [0, 0.1) is 22.7 Å². The molecule has 2 aliphatic carbocycles. The second kappa shape index (κ2) is 5.02. The summed E-state index contributed by atoms with van der Waals surface area (Å²) >= 11 is 0. The fourth-order valence-corrected chi connectivity index (χ4v) is 5.22. The first-order valence-electron chi connectivity index (χ1n) is 8.09. The third-order valence-electron chi connectivity index (χ3n) is 6.17. The van der Waals surface area contributed by atoms with Gasteiger partial charge in [0.1, 0.15) is 0 Å². The van der Waals surface area contributed by atoms with Crippen LogP contribution < -0.4 is 0 Å². The molecule has 0 heteroatoms. The molecule has 0 radical (unpaired) electrons. The van der Waals surface area contributed by atoms with Crippen LogP contribution in [0.4, 0.5) is 0 Å². The van der Waals surface area contributed by atoms with E-state index >= 15 is 0 Å². The van der Waals surface area contributed by atoms with E-state index in [0.29, 0.717) is 10.8 Å². The maximum Gasteiger partial charge on any atom is -0.0149 e. The van der Waals surface area contributed by atoms with Gasteiger partial charge in [0.05, 0.1) is 0 Å². The number of hydrogen-bond donors (Lipinski definition) is 0. The van der Waals surface area contributed by atoms with Crippen LogP contribution in [0.15, 0.2) is 12.2 Å². The van der Waals surface area contributed by atoms with Crippen molar-refractivity contribution in [1.82, 2.24) is 0 Å². The van der Waals surface area contributed by atoms with Crippen LogP contribution in [0.25, 0.3) is 0 Å². The minimum atomic E-state index is 0.548. The first kappa shape index (κ1) is 14.2. The van der Waals surface area contributed by atoms with E-state index in [2.05, 4.69) is 34.3 Å². The van der Waals surface area contributed by atoms with Gasteiger partial charge >= 0.3 is 0 Å². The molecule has 0 heterocycles. The monoisotopic (exact) mass is 248 g/mol. The average Bonchev–Trinajstić information content (AvgIpc) is 2.27. The summed E-state index contributed by atoms with van der Waals surface area (Å²) in [5.41, 5.74) is 2.67. The van der Waals surface area contributed by atoms with Gasteiger partial charge < -0.3 is 0 Å². The van der Waals surface area contributed by atoms with Crippen LogP contribution in [-0.2, 0) is 0 Å². The molecule has 0 aromatic heterocycles. The molecule has 2 aliphatic rings. The van der Waals surface area contributed by atoms with Crippen molar-refractivity contribution in [2.24, 2.45) is 22.7 Å². The molecular weight excluding hydrogens is 216 g/mol. The van der Waals surface area contributed by atoms with Gasteiger partial charge in [-0.25, -0.2) is 0 Å². The lowest BCUT2D eigenvalue weighted by Gasteiger charge is -2.58. The number of fused-ring (bicyclic) bond motifs is 1. The highest BCUT2D eigenvalue weighted by atomic mass is 14.6. The van der Waals surface area contributed by atoms with Crippen LogP contribution in [-0.4, -0.2) is 0 Å². The molecule has 2 saturated carbocycles. The van der Waals surface area contributed by atoms with Crippen molar-refractivity contribution in [1.29, 1.82) is 0 Å². The Morgan fingerprint density at radius 3 is 2.61 bits per heavy atom. The Labute approximate surface area is 114 Å². The molecule has 2 rings (SSSR count). The molecule has 0 aliphatic heterocycles. The predicted octanol–water partition coefficient (Wildman–Crippen LogP) is 5.98. The first-order chi connectivity index (χ1) is 8.42. The zero-order chi connectivity index (χ0) is 13.4. The van der Waals surface area contributed by atoms with Crippen LogP contribution in [0.2, 0.25) is 0 Å². The molecule has 0 saturated heterocycles. The van der Waals surface area contributed by atoms with Gasteiger partial charge in [0.2, 0.25) is 0 Å². The average molecular weight is 248 g/mol. The minimum Gasteiger partial charge on any atom is -0.0996 e. The summed E-state index contributed by atoms with van der Waals surface area (Å²) in [7, 11) is 0. The van der Waals surface area contributed by atoms with E-state index in [9.17, 15) is 0 Å². The Bertz CT molecular complexity index is 312. The van der Waals surface area contributed by atoms with Crippen molar-refractivity contribution in [2.45, 2.75) is 79.1 Å². The van der Waals surface area contributed by atoms with Crippen molar-refractivity contribution in [2.75, 3.05) is 0 Å². The molecule has 3 atom stereocenters. The number of hydrogen-bond acceptors (Lipinski definition) is 0. The summed E-state index contributed by atoms with van der Waals surface area (Å²) in [6, 6.07) is 0. The van der Waals surface area contributed by atoms with E-state index in [4.69, 9.17) is 0 Å². The summed E-state index contributed by atoms with van der Waals surface area (Å²) in [4.78, 5) is 0. The largest absolute Gasteiger partial charge is 0.0996 e. The van der Waals surface area contributed by atoms with E-state index in [-0.39, 0.29) is 0 Å². The highest BCUT2D eigenvalue weighted by Gasteiger charge is 2.52. The van der Waals surface area contributed by atoms with Gasteiger partial charge in [-0.3, -0.25) is 0 Å². The molecular formula is C18H32. The van der Waals surface area contributed by atoms with E-state index in [1.807, 2.05) is 0 Å². The number of unbranched alkanes of at least 4 members (excludes halogenated alkanes) is 1. The Morgan fingerprint density at radius 2 is 1.94 bits per heavy atom. The maximum absolute atomic E-state index is 4.43. The molecule has 0 aromatic carbocycles. The van der Waals surface area contributed by atoms with E-state index in [1.54, 1.807) is 5.57 Å². The lowest BCUT2D eigenvalue weighted by Crippen LogP contribution is -2.49. The van der Waals surface area contributed by atoms with Crippen molar-refractivity contribution in [3.05, 3.63) is 12.2 Å². The van der Waals surface area contributed by atoms with Crippen LogP contribution >= 0.6 is 0 Å². The Balaban J connectivity index is 2.25. The summed E-state index contributed by atoms with van der Waals surface area (Å²) in [5, 5.41) is 0. The van der Waals surface area contributed by atoms with E-state index in [1.165, 1.54) is 51.4 Å². The SMILES string of the molecule is C=C1CCC2C(C)(C)CCC[C@]2(C)[C@H]1CCCC. The van der Waals surface area contributed by atoms with Crippen LogP contribution in [0.1, 0.15) is 79.1 Å². The van der Waals surface area contributed by atoms with Gasteiger partial charge in [-0.05, 0) is 54.8 Å². The molecule has 1 unspecified atom stereocenters. The second-order valence-electron chi connectivity index (χ2n) is 7.79. The van der Waals surface area contributed by atoms with Crippen molar-refractivity contribution < 1.29 is 0 Å². The zero-order valence-electron chi connectivity index (χ0n) is 13.0. The lowest BCUT2D eigenvalue weighted by atomic mass is 9.47. The number of allylic oxidation sites excluding steroid dienone is 1. The normalized spacial score (nSPS) is 39.4. The lowest BCUT2D eigenvalue weighted by molar-refractivity contribution is -0.0544. The molecule has 0 nitrogen and oxygen atoms in total. The highest BCUT2D eigenvalue weighted by molar-refractivity contribution is 5.15. The van der Waals surface area contributed by atoms with Crippen LogP contribution in [0.3, 0.4) is 0 Å². The zero-order valence-corrected chi connectivity index (χ0v) is 13.0. The second-order valence-corrected chi connectivity index (χ2v) is 7.79. The Morgan fingerprint density at radius 1 is 1.22 bits per heavy atom. The summed E-state index contributed by atoms with van der Waals surface area (Å²) in [5.74, 6) is 1.72. The van der Waals surface area contributed by atoms with E-state index in [0.717, 1.165) is 11.8 Å². The molecule has 0 amide bonds. The van der Waals surface area contributed by atoms with Crippen molar-refractivity contribution in [3.8, 4) is 0 Å². The fraction of sp³-hybridized carbons (Fsp3) is 0.889. The van der Waals surface area contributed by atoms with Gasteiger partial charge in [-0.15, -0.1) is 0 Å². The summed E-state index contributed by atoms with van der Waals surface area (Å²) in [6.45, 7) is 14.4. The van der Waals surface area contributed by atoms with Gasteiger partial charge in [0.25, 0.3) is 0 Å². The molecule has 104 valence electrons. The van der Waals surface area contributed by atoms with Gasteiger partial charge in [-0.1, -0.05) is 59.1 Å². The predicted molar refractivity (Wildman–Crippen MR) is 80.6 cm³/mol. The minimum absolute atomic E-state index is 0.548. The summed E-state index contributed by atoms with van der Waals surface area (Å²) in [6.07, 6.45) is 11.1. The topological polar surface area (TPSA) is 0 Å². The highest BCUT2D eigenvalue weighted by Crippen LogP contribution is 2.61. The molecule has 2 fully saturated rings. The fourth-order valence-electron chi connectivity index (χ4n) is 5.22. The van der Waals surface area contributed by atoms with Gasteiger partial charge in [0.15, 0.2) is 0 Å². The molecule has 0 bridgehead atoms.